The molecule has 3 N–H and O–H groups in total. The molecule has 2 aromatic heterocycles. The Balaban J connectivity index is 1.70. The summed E-state index contributed by atoms with van der Waals surface area (Å²) in [6, 6.07) is 5.93. The Labute approximate surface area is 168 Å². The minimum atomic E-state index is -0.188. The molecule has 0 bridgehead atoms. The van der Waals surface area contributed by atoms with Gasteiger partial charge in [-0.25, -0.2) is 0 Å². The van der Waals surface area contributed by atoms with Crippen LogP contribution in [0.4, 0.5) is 0 Å². The number of aliphatic hydroxyl groups is 1. The van der Waals surface area contributed by atoms with Crippen LogP contribution >= 0.6 is 0 Å². The molecule has 3 heterocycles. The number of amides is 1. The Kier molecular flexibility index (Phi) is 5.44. The number of rotatable bonds is 7. The van der Waals surface area contributed by atoms with Gasteiger partial charge in [-0.2, -0.15) is 10.2 Å². The largest absolute Gasteiger partial charge is 0.395 e. The minimum Gasteiger partial charge on any atom is -0.395 e. The molecule has 8 nitrogen and oxygen atoms in total. The summed E-state index contributed by atoms with van der Waals surface area (Å²) < 4.78 is 1.84. The van der Waals surface area contributed by atoms with Gasteiger partial charge in [0.25, 0.3) is 5.91 Å². The molecule has 1 aliphatic rings. The highest BCUT2D eigenvalue weighted by Gasteiger charge is 2.23. The molecule has 1 aliphatic heterocycles. The van der Waals surface area contributed by atoms with Gasteiger partial charge in [0.1, 0.15) is 0 Å². The number of aromatic amines is 1. The summed E-state index contributed by atoms with van der Waals surface area (Å²) in [7, 11) is 0. The van der Waals surface area contributed by atoms with E-state index < -0.39 is 0 Å². The van der Waals surface area contributed by atoms with Crippen molar-refractivity contribution in [2.75, 3.05) is 26.2 Å². The smallest absolute Gasteiger partial charge is 0.275 e. The van der Waals surface area contributed by atoms with Gasteiger partial charge in [0.05, 0.1) is 18.3 Å². The summed E-state index contributed by atoms with van der Waals surface area (Å²) in [6.45, 7) is 3.99. The lowest BCUT2D eigenvalue weighted by molar-refractivity contribution is 0.0734. The number of H-pyrrole nitrogens is 1. The Bertz CT molecular complexity index is 1060. The molecular formula is C21H24N6O2. The summed E-state index contributed by atoms with van der Waals surface area (Å²) in [4.78, 5) is 15.0. The number of benzene rings is 1. The van der Waals surface area contributed by atoms with E-state index in [0.717, 1.165) is 34.1 Å². The second-order valence-corrected chi connectivity index (χ2v) is 6.86. The van der Waals surface area contributed by atoms with E-state index in [1.54, 1.807) is 11.1 Å². The summed E-state index contributed by atoms with van der Waals surface area (Å²) >= 11 is 0. The zero-order valence-corrected chi connectivity index (χ0v) is 16.3. The van der Waals surface area contributed by atoms with E-state index in [1.165, 1.54) is 0 Å². The first-order valence-electron chi connectivity index (χ1n) is 9.70. The van der Waals surface area contributed by atoms with E-state index in [0.29, 0.717) is 18.8 Å². The summed E-state index contributed by atoms with van der Waals surface area (Å²) in [5, 5.41) is 24.9. The van der Waals surface area contributed by atoms with Crippen molar-refractivity contribution < 1.29 is 9.90 Å². The first-order chi connectivity index (χ1) is 14.2. The van der Waals surface area contributed by atoms with Gasteiger partial charge in [0.2, 0.25) is 0 Å². The molecular weight excluding hydrogens is 368 g/mol. The number of aliphatic hydroxyl groups excluding tert-OH is 1. The lowest BCUT2D eigenvalue weighted by Gasteiger charge is -2.22. The van der Waals surface area contributed by atoms with Crippen molar-refractivity contribution in [3.8, 4) is 11.1 Å². The van der Waals surface area contributed by atoms with Gasteiger partial charge in [-0.1, -0.05) is 18.2 Å². The SMILES string of the molecule is CCn1nc(C(=O)N(CCO)CC2=CNCC=C2)c2ccc(-c3cn[nH]c3)cc21. The first kappa shape index (κ1) is 18.9. The highest BCUT2D eigenvalue weighted by Crippen LogP contribution is 2.27. The predicted octanol–water partition coefficient (Wildman–Crippen LogP) is 1.92. The maximum absolute atomic E-state index is 13.3. The Morgan fingerprint density at radius 3 is 2.93 bits per heavy atom. The zero-order chi connectivity index (χ0) is 20.2. The number of carbonyl (C=O) groups is 1. The van der Waals surface area contributed by atoms with Crippen molar-refractivity contribution in [1.82, 2.24) is 30.2 Å². The van der Waals surface area contributed by atoms with Crippen LogP contribution in [0, 0.1) is 0 Å². The zero-order valence-electron chi connectivity index (χ0n) is 16.3. The molecule has 1 aromatic carbocycles. The van der Waals surface area contributed by atoms with Crippen LogP contribution in [0.25, 0.3) is 22.0 Å². The number of hydrogen-bond donors (Lipinski definition) is 3. The van der Waals surface area contributed by atoms with Crippen LogP contribution in [0.3, 0.4) is 0 Å². The van der Waals surface area contributed by atoms with Crippen LogP contribution in [0.5, 0.6) is 0 Å². The maximum Gasteiger partial charge on any atom is 0.275 e. The normalized spacial score (nSPS) is 13.4. The number of nitrogens with zero attached hydrogens (tertiary/aromatic N) is 4. The number of carbonyl (C=O) groups excluding carboxylic acids is 1. The molecule has 0 spiro atoms. The van der Waals surface area contributed by atoms with Crippen LogP contribution in [0.2, 0.25) is 0 Å². The first-order valence-corrected chi connectivity index (χ1v) is 9.70. The van der Waals surface area contributed by atoms with E-state index in [-0.39, 0.29) is 19.1 Å². The van der Waals surface area contributed by atoms with E-state index in [1.807, 2.05) is 54.4 Å². The van der Waals surface area contributed by atoms with Gasteiger partial charge in [-0.15, -0.1) is 0 Å². The summed E-state index contributed by atoms with van der Waals surface area (Å²) in [5.41, 5.74) is 4.28. The maximum atomic E-state index is 13.3. The number of hydrogen-bond acceptors (Lipinski definition) is 5. The number of aromatic nitrogens is 4. The third-order valence-corrected chi connectivity index (χ3v) is 4.97. The average Bonchev–Trinajstić information content (AvgIpc) is 3.41. The van der Waals surface area contributed by atoms with Crippen molar-refractivity contribution in [3.05, 3.63) is 60.2 Å². The Morgan fingerprint density at radius 1 is 1.34 bits per heavy atom. The molecule has 150 valence electrons. The van der Waals surface area contributed by atoms with Crippen LogP contribution in [0.15, 0.2) is 54.5 Å². The molecule has 0 atom stereocenters. The highest BCUT2D eigenvalue weighted by molar-refractivity contribution is 6.05. The Morgan fingerprint density at radius 2 is 2.24 bits per heavy atom. The third kappa shape index (κ3) is 3.79. The molecule has 0 unspecified atom stereocenters. The fourth-order valence-electron chi connectivity index (χ4n) is 3.52. The van der Waals surface area contributed by atoms with E-state index in [2.05, 4.69) is 20.6 Å². The quantitative estimate of drug-likeness (QED) is 0.571. The lowest BCUT2D eigenvalue weighted by atomic mass is 10.1. The van der Waals surface area contributed by atoms with Crippen LogP contribution in [-0.2, 0) is 6.54 Å². The molecule has 8 heteroatoms. The summed E-state index contributed by atoms with van der Waals surface area (Å²) in [6.07, 6.45) is 9.51. The third-order valence-electron chi connectivity index (χ3n) is 4.97. The van der Waals surface area contributed by atoms with E-state index >= 15 is 0 Å². The van der Waals surface area contributed by atoms with E-state index in [9.17, 15) is 9.90 Å². The van der Waals surface area contributed by atoms with Crippen molar-refractivity contribution in [3.63, 3.8) is 0 Å². The molecule has 3 aromatic rings. The van der Waals surface area contributed by atoms with Crippen molar-refractivity contribution in [2.24, 2.45) is 0 Å². The van der Waals surface area contributed by atoms with Gasteiger partial charge in [0.15, 0.2) is 5.69 Å². The van der Waals surface area contributed by atoms with Crippen molar-refractivity contribution >= 4 is 16.8 Å². The Hall–Kier alpha value is -3.39. The van der Waals surface area contributed by atoms with Gasteiger partial charge >= 0.3 is 0 Å². The second kappa shape index (κ2) is 8.32. The van der Waals surface area contributed by atoms with Gasteiger partial charge in [-0.05, 0) is 30.2 Å². The van der Waals surface area contributed by atoms with Gasteiger partial charge in [0, 0.05) is 49.5 Å². The monoisotopic (exact) mass is 392 g/mol. The lowest BCUT2D eigenvalue weighted by Crippen LogP contribution is -2.36. The van der Waals surface area contributed by atoms with Gasteiger partial charge < -0.3 is 15.3 Å². The molecule has 0 aliphatic carbocycles. The molecule has 0 fully saturated rings. The predicted molar refractivity (Wildman–Crippen MR) is 111 cm³/mol. The molecule has 4 rings (SSSR count). The fourth-order valence-corrected chi connectivity index (χ4v) is 3.52. The second-order valence-electron chi connectivity index (χ2n) is 6.86. The van der Waals surface area contributed by atoms with Crippen LogP contribution in [-0.4, -0.2) is 62.1 Å². The number of fused-ring (bicyclic) bond motifs is 1. The highest BCUT2D eigenvalue weighted by atomic mass is 16.3. The average molecular weight is 392 g/mol. The molecule has 1 amide bonds. The standard InChI is InChI=1S/C21H24N6O2/c1-2-27-19-10-16(17-12-23-24-13-17)5-6-18(19)20(25-27)21(29)26(8-9-28)14-15-4-3-7-22-11-15/h3-6,10-13,22,28H,2,7-9,14H2,1H3,(H,23,24). The minimum absolute atomic E-state index is 0.104. The summed E-state index contributed by atoms with van der Waals surface area (Å²) in [5.74, 6) is -0.188. The van der Waals surface area contributed by atoms with Gasteiger partial charge in [-0.3, -0.25) is 14.6 Å². The number of aryl methyl sites for hydroxylation is 1. The molecule has 0 saturated carbocycles. The number of nitrogens with one attached hydrogen (secondary N) is 2. The number of dihydropyridines is 1. The topological polar surface area (TPSA) is 99.1 Å². The van der Waals surface area contributed by atoms with Crippen molar-refractivity contribution in [2.45, 2.75) is 13.5 Å². The molecule has 0 saturated heterocycles. The van der Waals surface area contributed by atoms with Crippen LogP contribution < -0.4 is 5.32 Å². The fraction of sp³-hybridized carbons (Fsp3) is 0.286. The molecule has 0 radical (unpaired) electrons. The van der Waals surface area contributed by atoms with Crippen LogP contribution in [0.1, 0.15) is 17.4 Å². The van der Waals surface area contributed by atoms with Crippen molar-refractivity contribution in [1.29, 1.82) is 0 Å². The van der Waals surface area contributed by atoms with E-state index in [4.69, 9.17) is 0 Å². The molecule has 29 heavy (non-hydrogen) atoms.